The van der Waals surface area contributed by atoms with Gasteiger partial charge in [0.05, 0.1) is 12.0 Å². The zero-order chi connectivity index (χ0) is 20.8. The molecule has 0 saturated carbocycles. The summed E-state index contributed by atoms with van der Waals surface area (Å²) in [5.41, 5.74) is 0.461. The third-order valence-electron chi connectivity index (χ3n) is 3.84. The maximum atomic E-state index is 12.0. The molecule has 150 valence electrons. The molecule has 0 aliphatic rings. The fraction of sp³-hybridized carbons (Fsp3) is 0.211. The van der Waals surface area contributed by atoms with Crippen molar-refractivity contribution in [2.45, 2.75) is 13.0 Å². The number of benzene rings is 2. The summed E-state index contributed by atoms with van der Waals surface area (Å²) in [4.78, 5) is 22.2. The van der Waals surface area contributed by atoms with E-state index in [4.69, 9.17) is 18.6 Å². The molecule has 0 spiro atoms. The number of nitro benzene ring substituents is 1. The van der Waals surface area contributed by atoms with E-state index in [-0.39, 0.29) is 24.1 Å². The standard InChI is InChI=1S/C19H17N3O7/c1-12(28-17(23)11-27-16-9-7-15(26-2)8-10-16)18-20-21-19(29-18)13-3-5-14(6-4-13)22(24)25/h3-10,12H,11H2,1-2H3/t12-/m1/s1. The van der Waals surface area contributed by atoms with E-state index < -0.39 is 17.0 Å². The van der Waals surface area contributed by atoms with Gasteiger partial charge >= 0.3 is 5.97 Å². The Balaban J connectivity index is 1.55. The third kappa shape index (κ3) is 5.06. The molecule has 3 rings (SSSR count). The first kappa shape index (κ1) is 19.8. The Labute approximate surface area is 165 Å². The molecular formula is C19H17N3O7. The van der Waals surface area contributed by atoms with Gasteiger partial charge < -0.3 is 18.6 Å². The minimum Gasteiger partial charge on any atom is -0.497 e. The zero-order valence-electron chi connectivity index (χ0n) is 15.6. The molecule has 10 nitrogen and oxygen atoms in total. The average molecular weight is 399 g/mol. The van der Waals surface area contributed by atoms with E-state index in [1.54, 1.807) is 38.3 Å². The topological polar surface area (TPSA) is 127 Å². The highest BCUT2D eigenvalue weighted by molar-refractivity contribution is 5.71. The van der Waals surface area contributed by atoms with E-state index in [1.807, 2.05) is 0 Å². The predicted octanol–water partition coefficient (Wildman–Crippen LogP) is 3.34. The van der Waals surface area contributed by atoms with Crippen LogP contribution < -0.4 is 9.47 Å². The molecule has 0 amide bonds. The van der Waals surface area contributed by atoms with Crippen LogP contribution in [0.2, 0.25) is 0 Å². The molecule has 2 aromatic carbocycles. The van der Waals surface area contributed by atoms with E-state index in [0.29, 0.717) is 17.1 Å². The van der Waals surface area contributed by atoms with Crippen LogP contribution in [0.5, 0.6) is 11.5 Å². The zero-order valence-corrected chi connectivity index (χ0v) is 15.6. The van der Waals surface area contributed by atoms with Crippen LogP contribution in [0, 0.1) is 10.1 Å². The smallest absolute Gasteiger partial charge is 0.344 e. The van der Waals surface area contributed by atoms with Crippen molar-refractivity contribution in [1.29, 1.82) is 0 Å². The maximum Gasteiger partial charge on any atom is 0.344 e. The Bertz CT molecular complexity index is 984. The van der Waals surface area contributed by atoms with Crippen LogP contribution in [0.1, 0.15) is 18.9 Å². The maximum absolute atomic E-state index is 12.0. The lowest BCUT2D eigenvalue weighted by Gasteiger charge is -2.10. The van der Waals surface area contributed by atoms with Gasteiger partial charge in [0.1, 0.15) is 11.5 Å². The van der Waals surface area contributed by atoms with Gasteiger partial charge in [-0.1, -0.05) is 0 Å². The number of carbonyl (C=O) groups excluding carboxylic acids is 1. The fourth-order valence-electron chi connectivity index (χ4n) is 2.34. The van der Waals surface area contributed by atoms with Crippen molar-refractivity contribution in [3.8, 4) is 23.0 Å². The molecule has 0 bridgehead atoms. The molecule has 1 atom stereocenters. The monoisotopic (exact) mass is 399 g/mol. The van der Waals surface area contributed by atoms with Gasteiger partial charge in [-0.3, -0.25) is 10.1 Å². The lowest BCUT2D eigenvalue weighted by molar-refractivity contribution is -0.384. The van der Waals surface area contributed by atoms with Gasteiger partial charge in [0.25, 0.3) is 11.6 Å². The molecule has 0 fully saturated rings. The Hall–Kier alpha value is -3.95. The van der Waals surface area contributed by atoms with E-state index in [9.17, 15) is 14.9 Å². The fourth-order valence-corrected chi connectivity index (χ4v) is 2.34. The Morgan fingerprint density at radius 3 is 2.38 bits per heavy atom. The second-order valence-electron chi connectivity index (χ2n) is 5.85. The van der Waals surface area contributed by atoms with Crippen LogP contribution in [0.15, 0.2) is 52.9 Å². The lowest BCUT2D eigenvalue weighted by Crippen LogP contribution is -2.17. The van der Waals surface area contributed by atoms with Crippen molar-refractivity contribution < 1.29 is 28.3 Å². The number of esters is 1. The summed E-state index contributed by atoms with van der Waals surface area (Å²) in [6.45, 7) is 1.29. The summed E-state index contributed by atoms with van der Waals surface area (Å²) >= 11 is 0. The summed E-state index contributed by atoms with van der Waals surface area (Å²) < 4.78 is 21.1. The first-order valence-electron chi connectivity index (χ1n) is 8.51. The molecule has 0 unspecified atom stereocenters. The normalized spacial score (nSPS) is 11.5. The third-order valence-corrected chi connectivity index (χ3v) is 3.84. The minimum atomic E-state index is -0.790. The number of methoxy groups -OCH3 is 1. The van der Waals surface area contributed by atoms with Crippen molar-refractivity contribution in [3.05, 3.63) is 64.5 Å². The summed E-state index contributed by atoms with van der Waals surface area (Å²) in [6.07, 6.45) is -0.790. The molecule has 3 aromatic rings. The van der Waals surface area contributed by atoms with Gasteiger partial charge in [-0.25, -0.2) is 4.79 Å². The molecule has 29 heavy (non-hydrogen) atoms. The molecule has 1 heterocycles. The van der Waals surface area contributed by atoms with Gasteiger partial charge in [-0.05, 0) is 43.3 Å². The SMILES string of the molecule is COc1ccc(OCC(=O)O[C@H](C)c2nnc(-c3ccc([N+](=O)[O-])cc3)o2)cc1. The summed E-state index contributed by atoms with van der Waals surface area (Å²) in [7, 11) is 1.55. The molecule has 1 aromatic heterocycles. The van der Waals surface area contributed by atoms with Gasteiger partial charge in [0.2, 0.25) is 5.89 Å². The number of ether oxygens (including phenoxy) is 3. The lowest BCUT2D eigenvalue weighted by atomic mass is 10.2. The van der Waals surface area contributed by atoms with Crippen LogP contribution in [0.25, 0.3) is 11.5 Å². The molecule has 0 aliphatic carbocycles. The second kappa shape index (κ2) is 8.83. The highest BCUT2D eigenvalue weighted by Gasteiger charge is 2.19. The first-order chi connectivity index (χ1) is 14.0. The van der Waals surface area contributed by atoms with Crippen molar-refractivity contribution in [3.63, 3.8) is 0 Å². The Morgan fingerprint density at radius 2 is 1.76 bits per heavy atom. The van der Waals surface area contributed by atoms with Crippen LogP contribution in [0.4, 0.5) is 5.69 Å². The molecule has 0 saturated heterocycles. The second-order valence-corrected chi connectivity index (χ2v) is 5.85. The van der Waals surface area contributed by atoms with Crippen LogP contribution in [-0.2, 0) is 9.53 Å². The average Bonchev–Trinajstić information content (AvgIpc) is 3.23. The Morgan fingerprint density at radius 1 is 1.10 bits per heavy atom. The van der Waals surface area contributed by atoms with E-state index in [0.717, 1.165) is 0 Å². The number of carbonyl (C=O) groups is 1. The molecular weight excluding hydrogens is 382 g/mol. The highest BCUT2D eigenvalue weighted by Crippen LogP contribution is 2.24. The number of hydrogen-bond donors (Lipinski definition) is 0. The number of rotatable bonds is 8. The number of aromatic nitrogens is 2. The van der Waals surface area contributed by atoms with Gasteiger partial charge in [0, 0.05) is 17.7 Å². The number of nitro groups is 1. The van der Waals surface area contributed by atoms with Crippen LogP contribution in [0.3, 0.4) is 0 Å². The predicted molar refractivity (Wildman–Crippen MR) is 99.4 cm³/mol. The molecule has 0 N–H and O–H groups in total. The van der Waals surface area contributed by atoms with Crippen molar-refractivity contribution in [2.75, 3.05) is 13.7 Å². The number of nitrogens with zero attached hydrogens (tertiary/aromatic N) is 3. The first-order valence-corrected chi connectivity index (χ1v) is 8.51. The molecule has 10 heteroatoms. The molecule has 0 aliphatic heterocycles. The quantitative estimate of drug-likeness (QED) is 0.318. The summed E-state index contributed by atoms with van der Waals surface area (Å²) in [6, 6.07) is 12.4. The van der Waals surface area contributed by atoms with Gasteiger partial charge in [-0.15, -0.1) is 10.2 Å². The Kier molecular flexibility index (Phi) is 6.03. The summed E-state index contributed by atoms with van der Waals surface area (Å²) in [5.74, 6) is 0.814. The van der Waals surface area contributed by atoms with E-state index >= 15 is 0 Å². The number of hydrogen-bond acceptors (Lipinski definition) is 9. The van der Waals surface area contributed by atoms with Crippen LogP contribution in [-0.4, -0.2) is 34.8 Å². The van der Waals surface area contributed by atoms with Crippen molar-refractivity contribution >= 4 is 11.7 Å². The largest absolute Gasteiger partial charge is 0.497 e. The summed E-state index contributed by atoms with van der Waals surface area (Å²) in [5, 5.41) is 18.4. The minimum absolute atomic E-state index is 0.0485. The van der Waals surface area contributed by atoms with Gasteiger partial charge in [-0.2, -0.15) is 0 Å². The van der Waals surface area contributed by atoms with E-state index in [1.165, 1.54) is 24.3 Å². The van der Waals surface area contributed by atoms with E-state index in [2.05, 4.69) is 10.2 Å². The van der Waals surface area contributed by atoms with Crippen molar-refractivity contribution in [1.82, 2.24) is 10.2 Å². The highest BCUT2D eigenvalue weighted by atomic mass is 16.6. The van der Waals surface area contributed by atoms with Gasteiger partial charge in [0.15, 0.2) is 12.7 Å². The molecule has 0 radical (unpaired) electrons. The van der Waals surface area contributed by atoms with Crippen LogP contribution >= 0.6 is 0 Å². The van der Waals surface area contributed by atoms with Crippen molar-refractivity contribution in [2.24, 2.45) is 0 Å². The number of non-ortho nitro benzene ring substituents is 1.